The van der Waals surface area contributed by atoms with Gasteiger partial charge in [0.2, 0.25) is 5.91 Å². The molecule has 1 aliphatic heterocycles. The Morgan fingerprint density at radius 3 is 2.60 bits per heavy atom. The van der Waals surface area contributed by atoms with Crippen molar-refractivity contribution in [2.45, 2.75) is 19.4 Å². The number of carbonyl (C=O) groups is 3. The number of amides is 3. The third-order valence-corrected chi connectivity index (χ3v) is 6.86. The highest BCUT2D eigenvalue weighted by Gasteiger charge is 2.34. The molecule has 220 valence electrons. The van der Waals surface area contributed by atoms with Gasteiger partial charge < -0.3 is 25.7 Å². The number of ether oxygens (including phenoxy) is 1. The first-order valence-corrected chi connectivity index (χ1v) is 13.2. The fourth-order valence-corrected chi connectivity index (χ4v) is 4.56. The van der Waals surface area contributed by atoms with Gasteiger partial charge in [0.15, 0.2) is 11.6 Å². The molecule has 4 rings (SSSR count). The van der Waals surface area contributed by atoms with Crippen molar-refractivity contribution < 1.29 is 33.5 Å². The number of amidine groups is 1. The number of nitrogens with one attached hydrogen (secondary N) is 2. The summed E-state index contributed by atoms with van der Waals surface area (Å²) < 4.78 is 18.7. The fraction of sp³-hybridized carbons (Fsp3) is 0.241. The van der Waals surface area contributed by atoms with Crippen molar-refractivity contribution in [1.82, 2.24) is 15.7 Å². The van der Waals surface area contributed by atoms with Gasteiger partial charge in [0.05, 0.1) is 37.7 Å². The molecule has 1 heterocycles. The largest absolute Gasteiger partial charge is 0.496 e. The summed E-state index contributed by atoms with van der Waals surface area (Å²) in [5.41, 5.74) is 9.72. The lowest BCUT2D eigenvalue weighted by Gasteiger charge is -2.26. The van der Waals surface area contributed by atoms with Crippen LogP contribution in [0.25, 0.3) is 0 Å². The molecule has 0 spiro atoms. The highest BCUT2D eigenvalue weighted by atomic mass is 35.5. The SMILES string of the molecule is COc1ccc(Cl)cc1CC1CN=C(NOc2ccc(F)cc2)CN(C(=O)N[C@H](C)c2ccc(C(=O)O)c(N)c2)C1=O. The number of carboxylic acids is 1. The summed E-state index contributed by atoms with van der Waals surface area (Å²) in [6, 6.07) is 13.3. The summed E-state index contributed by atoms with van der Waals surface area (Å²) in [4.78, 5) is 49.6. The van der Waals surface area contributed by atoms with Crippen molar-refractivity contribution in [3.05, 3.63) is 88.2 Å². The summed E-state index contributed by atoms with van der Waals surface area (Å²) in [5.74, 6) is -1.84. The molecule has 13 heteroatoms. The second kappa shape index (κ2) is 13.2. The van der Waals surface area contributed by atoms with E-state index in [-0.39, 0.29) is 36.6 Å². The van der Waals surface area contributed by atoms with Crippen LogP contribution in [-0.2, 0) is 11.2 Å². The molecule has 0 fully saturated rings. The minimum Gasteiger partial charge on any atom is -0.496 e. The van der Waals surface area contributed by atoms with E-state index in [1.807, 2.05) is 0 Å². The molecule has 0 saturated carbocycles. The number of aromatic carboxylic acids is 1. The number of hydrogen-bond acceptors (Lipinski definition) is 8. The van der Waals surface area contributed by atoms with E-state index in [0.717, 1.165) is 4.90 Å². The Kier molecular flexibility index (Phi) is 9.48. The van der Waals surface area contributed by atoms with E-state index < -0.39 is 35.7 Å². The molecule has 2 atom stereocenters. The van der Waals surface area contributed by atoms with Crippen LogP contribution in [0.2, 0.25) is 5.02 Å². The number of urea groups is 1. The Balaban J connectivity index is 1.57. The second-order valence-corrected chi connectivity index (χ2v) is 9.99. The van der Waals surface area contributed by atoms with Gasteiger partial charge in [-0.25, -0.2) is 19.5 Å². The van der Waals surface area contributed by atoms with E-state index in [1.165, 1.54) is 49.6 Å². The number of halogens is 2. The van der Waals surface area contributed by atoms with Gasteiger partial charge in [-0.15, -0.1) is 0 Å². The first-order valence-electron chi connectivity index (χ1n) is 12.8. The predicted octanol–water partition coefficient (Wildman–Crippen LogP) is 4.22. The highest BCUT2D eigenvalue weighted by molar-refractivity contribution is 6.30. The van der Waals surface area contributed by atoms with Gasteiger partial charge in [0, 0.05) is 10.7 Å². The van der Waals surface area contributed by atoms with E-state index >= 15 is 0 Å². The molecule has 0 bridgehead atoms. The van der Waals surface area contributed by atoms with E-state index in [9.17, 15) is 23.9 Å². The van der Waals surface area contributed by atoms with Crippen molar-refractivity contribution >= 4 is 41.0 Å². The number of hydroxylamine groups is 1. The van der Waals surface area contributed by atoms with Crippen molar-refractivity contribution in [1.29, 1.82) is 0 Å². The first kappa shape index (κ1) is 30.1. The zero-order valence-electron chi connectivity index (χ0n) is 22.8. The lowest BCUT2D eigenvalue weighted by Crippen LogP contribution is -2.50. The number of carbonyl (C=O) groups excluding carboxylic acids is 2. The van der Waals surface area contributed by atoms with E-state index in [1.54, 1.807) is 25.1 Å². The Labute approximate surface area is 246 Å². The van der Waals surface area contributed by atoms with Gasteiger partial charge in [-0.2, -0.15) is 0 Å². The maximum absolute atomic E-state index is 13.7. The van der Waals surface area contributed by atoms with Crippen LogP contribution >= 0.6 is 11.6 Å². The van der Waals surface area contributed by atoms with Gasteiger partial charge in [-0.05, 0) is 79.1 Å². The van der Waals surface area contributed by atoms with Crippen molar-refractivity contribution in [3.63, 3.8) is 0 Å². The van der Waals surface area contributed by atoms with Crippen LogP contribution in [-0.4, -0.2) is 53.9 Å². The molecule has 0 saturated heterocycles. The normalized spacial score (nSPS) is 15.7. The molecule has 0 radical (unpaired) electrons. The Hall–Kier alpha value is -4.84. The maximum Gasteiger partial charge on any atom is 0.337 e. The van der Waals surface area contributed by atoms with Crippen molar-refractivity contribution in [2.75, 3.05) is 25.9 Å². The van der Waals surface area contributed by atoms with Gasteiger partial charge in [-0.1, -0.05) is 17.7 Å². The van der Waals surface area contributed by atoms with Gasteiger partial charge >= 0.3 is 12.0 Å². The minimum absolute atomic E-state index is 0.0239. The third kappa shape index (κ3) is 7.26. The highest BCUT2D eigenvalue weighted by Crippen LogP contribution is 2.27. The molecule has 0 aliphatic carbocycles. The average molecular weight is 598 g/mol. The Morgan fingerprint density at radius 2 is 1.93 bits per heavy atom. The predicted molar refractivity (Wildman–Crippen MR) is 154 cm³/mol. The number of methoxy groups -OCH3 is 1. The van der Waals surface area contributed by atoms with Crippen LogP contribution in [0.4, 0.5) is 14.9 Å². The number of carboxylic acid groups (broad SMARTS) is 1. The number of anilines is 1. The topological polar surface area (TPSA) is 156 Å². The molecule has 0 aromatic heterocycles. The standard InChI is InChI=1S/C29H29ClFN5O6/c1-16(17-3-9-23(28(38)39)24(32)13-17)34-29(40)36-15-26(35-42-22-7-5-21(31)6-8-22)33-14-19(27(36)37)11-18-12-20(30)4-10-25(18)41-2/h3-10,12-13,16,19H,11,14-15,32H2,1-2H3,(H,33,35)(H,34,40)(H,38,39)/t16-,19?/m1/s1. The number of rotatable bonds is 8. The molecular weight excluding hydrogens is 569 g/mol. The molecule has 1 unspecified atom stereocenters. The van der Waals surface area contributed by atoms with Crippen LogP contribution in [0.5, 0.6) is 11.5 Å². The number of nitrogen functional groups attached to an aromatic ring is 1. The number of nitrogens with two attached hydrogens (primary N) is 1. The number of hydrogen-bond donors (Lipinski definition) is 4. The van der Waals surface area contributed by atoms with Crippen LogP contribution in [0.3, 0.4) is 0 Å². The summed E-state index contributed by atoms with van der Waals surface area (Å²) in [5, 5.41) is 12.5. The summed E-state index contributed by atoms with van der Waals surface area (Å²) in [6.07, 6.45) is 0.185. The van der Waals surface area contributed by atoms with Gasteiger partial charge in [0.1, 0.15) is 11.6 Å². The molecule has 42 heavy (non-hydrogen) atoms. The van der Waals surface area contributed by atoms with E-state index in [4.69, 9.17) is 26.9 Å². The molecule has 3 aromatic carbocycles. The molecule has 1 aliphatic rings. The van der Waals surface area contributed by atoms with Gasteiger partial charge in [-0.3, -0.25) is 14.7 Å². The van der Waals surface area contributed by atoms with Crippen molar-refractivity contribution in [2.24, 2.45) is 10.9 Å². The van der Waals surface area contributed by atoms with E-state index in [0.29, 0.717) is 27.6 Å². The van der Waals surface area contributed by atoms with Crippen LogP contribution < -0.4 is 26.1 Å². The number of benzene rings is 3. The molecule has 3 aromatic rings. The third-order valence-electron chi connectivity index (χ3n) is 6.63. The minimum atomic E-state index is -1.17. The quantitative estimate of drug-likeness (QED) is 0.222. The van der Waals surface area contributed by atoms with Crippen LogP contribution in [0.15, 0.2) is 65.7 Å². The van der Waals surface area contributed by atoms with Gasteiger partial charge in [0.25, 0.3) is 0 Å². The molecule has 5 N–H and O–H groups in total. The Bertz CT molecular complexity index is 1520. The summed E-state index contributed by atoms with van der Waals surface area (Å²) in [6.45, 7) is 1.45. The molecular formula is C29H29ClFN5O6. The lowest BCUT2D eigenvalue weighted by atomic mass is 9.97. The summed E-state index contributed by atoms with van der Waals surface area (Å²) >= 11 is 6.19. The van der Waals surface area contributed by atoms with Crippen LogP contribution in [0.1, 0.15) is 34.5 Å². The second-order valence-electron chi connectivity index (χ2n) is 9.55. The van der Waals surface area contributed by atoms with Crippen molar-refractivity contribution in [3.8, 4) is 11.5 Å². The number of aliphatic imine (C=N–C) groups is 1. The maximum atomic E-state index is 13.7. The van der Waals surface area contributed by atoms with E-state index in [2.05, 4.69) is 15.8 Å². The zero-order chi connectivity index (χ0) is 30.4. The number of nitrogens with zero attached hydrogens (tertiary/aromatic N) is 2. The monoisotopic (exact) mass is 597 g/mol. The number of imide groups is 1. The first-order chi connectivity index (χ1) is 20.0. The molecule has 3 amide bonds. The van der Waals surface area contributed by atoms with Crippen LogP contribution in [0, 0.1) is 11.7 Å². The average Bonchev–Trinajstić information content (AvgIpc) is 3.11. The smallest absolute Gasteiger partial charge is 0.337 e. The lowest BCUT2D eigenvalue weighted by molar-refractivity contribution is -0.131. The summed E-state index contributed by atoms with van der Waals surface area (Å²) in [7, 11) is 1.51. The fourth-order valence-electron chi connectivity index (χ4n) is 4.37. The zero-order valence-corrected chi connectivity index (χ0v) is 23.5. The Morgan fingerprint density at radius 1 is 1.19 bits per heavy atom. The molecule has 11 nitrogen and oxygen atoms in total.